The first kappa shape index (κ1) is 13.7. The summed E-state index contributed by atoms with van der Waals surface area (Å²) in [5.41, 5.74) is 7.84. The highest BCUT2D eigenvalue weighted by Gasteiger charge is 2.22. The normalized spacial score (nSPS) is 17.4. The minimum Gasteiger partial charge on any atom is -0.375 e. The monoisotopic (exact) mass is 331 g/mol. The third-order valence-corrected chi connectivity index (χ3v) is 5.08. The standard InChI is InChI=1S/C15H14ClN5S/c16-8-1-3-11-10(5-8)14(19-7-18-11)20-9-2-4-12-13(6-9)22-15(17)21-12/h1,3,5,7,9H,2,4,6H2,(H2,17,21)(H,18,19,20). The average molecular weight is 332 g/mol. The molecule has 0 saturated heterocycles. The Morgan fingerprint density at radius 1 is 1.32 bits per heavy atom. The van der Waals surface area contributed by atoms with E-state index in [4.69, 9.17) is 17.3 Å². The van der Waals surface area contributed by atoms with Gasteiger partial charge in [-0.2, -0.15) is 0 Å². The maximum atomic E-state index is 6.10. The molecule has 1 atom stereocenters. The fourth-order valence-corrected chi connectivity index (χ4v) is 3.99. The lowest BCUT2D eigenvalue weighted by Crippen LogP contribution is -2.27. The van der Waals surface area contributed by atoms with Crippen LogP contribution in [0.3, 0.4) is 0 Å². The van der Waals surface area contributed by atoms with Gasteiger partial charge in [0.05, 0.1) is 11.2 Å². The molecule has 3 N–H and O–H groups in total. The fraction of sp³-hybridized carbons (Fsp3) is 0.267. The van der Waals surface area contributed by atoms with E-state index in [9.17, 15) is 0 Å². The molecule has 1 aliphatic rings. The van der Waals surface area contributed by atoms with Crippen LogP contribution in [0.1, 0.15) is 17.0 Å². The van der Waals surface area contributed by atoms with Gasteiger partial charge in [-0.15, -0.1) is 11.3 Å². The van der Waals surface area contributed by atoms with Crippen molar-refractivity contribution in [1.29, 1.82) is 0 Å². The van der Waals surface area contributed by atoms with Gasteiger partial charge < -0.3 is 11.1 Å². The minimum absolute atomic E-state index is 0.324. The summed E-state index contributed by atoms with van der Waals surface area (Å²) < 4.78 is 0. The Morgan fingerprint density at radius 3 is 3.14 bits per heavy atom. The number of aromatic nitrogens is 3. The molecular weight excluding hydrogens is 318 g/mol. The average Bonchev–Trinajstić information content (AvgIpc) is 2.87. The molecule has 2 aromatic heterocycles. The molecule has 1 aromatic carbocycles. The second kappa shape index (κ2) is 5.37. The zero-order valence-corrected chi connectivity index (χ0v) is 13.3. The zero-order valence-electron chi connectivity index (χ0n) is 11.7. The first-order valence-electron chi connectivity index (χ1n) is 7.10. The van der Waals surface area contributed by atoms with Gasteiger partial charge >= 0.3 is 0 Å². The van der Waals surface area contributed by atoms with Crippen LogP contribution >= 0.6 is 22.9 Å². The Balaban J connectivity index is 1.63. The molecule has 0 fully saturated rings. The summed E-state index contributed by atoms with van der Waals surface area (Å²) in [7, 11) is 0. The van der Waals surface area contributed by atoms with Crippen LogP contribution in [0.4, 0.5) is 10.9 Å². The van der Waals surface area contributed by atoms with Crippen LogP contribution in [0, 0.1) is 0 Å². The van der Waals surface area contributed by atoms with Crippen molar-refractivity contribution in [2.24, 2.45) is 0 Å². The quantitative estimate of drug-likeness (QED) is 0.753. The molecule has 0 aliphatic heterocycles. The highest BCUT2D eigenvalue weighted by Crippen LogP contribution is 2.30. The van der Waals surface area contributed by atoms with Crippen LogP contribution in [-0.4, -0.2) is 21.0 Å². The largest absolute Gasteiger partial charge is 0.375 e. The minimum atomic E-state index is 0.324. The third-order valence-electron chi connectivity index (χ3n) is 3.89. The van der Waals surface area contributed by atoms with E-state index >= 15 is 0 Å². The van der Waals surface area contributed by atoms with Crippen molar-refractivity contribution in [3.8, 4) is 0 Å². The number of nitrogens with zero attached hydrogens (tertiary/aromatic N) is 3. The number of rotatable bonds is 2. The van der Waals surface area contributed by atoms with Crippen molar-refractivity contribution in [3.63, 3.8) is 0 Å². The van der Waals surface area contributed by atoms with Gasteiger partial charge in [0.25, 0.3) is 0 Å². The number of nitrogens with one attached hydrogen (secondary N) is 1. The Kier molecular flexibility index (Phi) is 3.35. The molecule has 0 amide bonds. The second-order valence-electron chi connectivity index (χ2n) is 5.39. The predicted octanol–water partition coefficient (Wildman–Crippen LogP) is 3.29. The Labute approximate surface area is 136 Å². The van der Waals surface area contributed by atoms with Crippen molar-refractivity contribution in [2.45, 2.75) is 25.3 Å². The van der Waals surface area contributed by atoms with Crippen LogP contribution in [0.25, 0.3) is 10.9 Å². The summed E-state index contributed by atoms with van der Waals surface area (Å²) >= 11 is 7.68. The number of fused-ring (bicyclic) bond motifs is 2. The SMILES string of the molecule is Nc1nc2c(s1)CC(Nc1ncnc3ccc(Cl)cc13)CC2. The van der Waals surface area contributed by atoms with E-state index in [0.717, 1.165) is 41.7 Å². The summed E-state index contributed by atoms with van der Waals surface area (Å²) in [5.74, 6) is 0.832. The summed E-state index contributed by atoms with van der Waals surface area (Å²) in [6.45, 7) is 0. The molecule has 1 unspecified atom stereocenters. The molecule has 5 nitrogen and oxygen atoms in total. The van der Waals surface area contributed by atoms with Crippen LogP contribution in [0.5, 0.6) is 0 Å². The summed E-state index contributed by atoms with van der Waals surface area (Å²) in [6, 6.07) is 5.98. The zero-order chi connectivity index (χ0) is 15.1. The molecule has 0 spiro atoms. The molecule has 0 saturated carbocycles. The topological polar surface area (TPSA) is 76.7 Å². The highest BCUT2D eigenvalue weighted by atomic mass is 35.5. The number of benzene rings is 1. The van der Waals surface area contributed by atoms with Crippen LogP contribution in [-0.2, 0) is 12.8 Å². The van der Waals surface area contributed by atoms with Gasteiger partial charge in [0.15, 0.2) is 5.13 Å². The van der Waals surface area contributed by atoms with E-state index in [1.165, 1.54) is 4.88 Å². The van der Waals surface area contributed by atoms with Crippen LogP contribution in [0.15, 0.2) is 24.5 Å². The Morgan fingerprint density at radius 2 is 2.23 bits per heavy atom. The number of aryl methyl sites for hydroxylation is 1. The third kappa shape index (κ3) is 2.48. The Hall–Kier alpha value is -1.92. The number of hydrogen-bond acceptors (Lipinski definition) is 6. The maximum absolute atomic E-state index is 6.10. The van der Waals surface area contributed by atoms with Crippen LogP contribution < -0.4 is 11.1 Å². The van der Waals surface area contributed by atoms with Crippen molar-refractivity contribution in [1.82, 2.24) is 15.0 Å². The van der Waals surface area contributed by atoms with E-state index < -0.39 is 0 Å². The van der Waals surface area contributed by atoms with Crippen molar-refractivity contribution >= 4 is 44.8 Å². The van der Waals surface area contributed by atoms with Crippen LogP contribution in [0.2, 0.25) is 5.02 Å². The molecule has 1 aliphatic carbocycles. The smallest absolute Gasteiger partial charge is 0.180 e. The van der Waals surface area contributed by atoms with Gasteiger partial charge in [0.2, 0.25) is 0 Å². The van der Waals surface area contributed by atoms with Gasteiger partial charge in [0, 0.05) is 27.7 Å². The number of anilines is 2. The molecule has 112 valence electrons. The second-order valence-corrected chi connectivity index (χ2v) is 6.94. The lowest BCUT2D eigenvalue weighted by atomic mass is 9.97. The number of nitrogens with two attached hydrogens (primary N) is 1. The molecule has 0 bridgehead atoms. The molecule has 4 rings (SSSR count). The summed E-state index contributed by atoms with van der Waals surface area (Å²) in [5, 5.41) is 5.82. The van der Waals surface area contributed by atoms with Crippen molar-refractivity contribution < 1.29 is 0 Å². The molecule has 2 heterocycles. The van der Waals surface area contributed by atoms with Gasteiger partial charge in [-0.3, -0.25) is 0 Å². The summed E-state index contributed by atoms with van der Waals surface area (Å²) in [4.78, 5) is 14.3. The van der Waals surface area contributed by atoms with Gasteiger partial charge in [0.1, 0.15) is 12.1 Å². The first-order chi connectivity index (χ1) is 10.7. The maximum Gasteiger partial charge on any atom is 0.180 e. The van der Waals surface area contributed by atoms with Gasteiger partial charge in [-0.1, -0.05) is 11.6 Å². The Bertz CT molecular complexity index is 847. The first-order valence-corrected chi connectivity index (χ1v) is 8.29. The number of hydrogen-bond donors (Lipinski definition) is 2. The molecule has 7 heteroatoms. The lowest BCUT2D eigenvalue weighted by molar-refractivity contribution is 0.608. The van der Waals surface area contributed by atoms with E-state index in [-0.39, 0.29) is 0 Å². The van der Waals surface area contributed by atoms with E-state index in [1.54, 1.807) is 17.7 Å². The van der Waals surface area contributed by atoms with Gasteiger partial charge in [-0.05, 0) is 31.0 Å². The molecule has 3 aromatic rings. The van der Waals surface area contributed by atoms with E-state index in [2.05, 4.69) is 20.3 Å². The lowest BCUT2D eigenvalue weighted by Gasteiger charge is -2.23. The predicted molar refractivity (Wildman–Crippen MR) is 90.5 cm³/mol. The van der Waals surface area contributed by atoms with E-state index in [0.29, 0.717) is 16.2 Å². The summed E-state index contributed by atoms with van der Waals surface area (Å²) in [6.07, 6.45) is 4.47. The fourth-order valence-electron chi connectivity index (χ4n) is 2.86. The van der Waals surface area contributed by atoms with Crippen molar-refractivity contribution in [3.05, 3.63) is 40.1 Å². The number of thiazole rings is 1. The molecule has 22 heavy (non-hydrogen) atoms. The van der Waals surface area contributed by atoms with Crippen molar-refractivity contribution in [2.75, 3.05) is 11.1 Å². The molecule has 0 radical (unpaired) electrons. The number of halogens is 1. The molecular formula is C15H14ClN5S. The van der Waals surface area contributed by atoms with Gasteiger partial charge in [-0.25, -0.2) is 15.0 Å². The highest BCUT2D eigenvalue weighted by molar-refractivity contribution is 7.15. The van der Waals surface area contributed by atoms with E-state index in [1.807, 2.05) is 18.2 Å². The number of nitrogen functional groups attached to an aromatic ring is 1.